The molecular weight excluding hydrogens is 372 g/mol. The highest BCUT2D eigenvalue weighted by Gasteiger charge is 2.68. The predicted molar refractivity (Wildman–Crippen MR) is 105 cm³/mol. The van der Waals surface area contributed by atoms with Crippen LogP contribution >= 0.6 is 0 Å². The van der Waals surface area contributed by atoms with Gasteiger partial charge in [-0.15, -0.1) is 0 Å². The number of ether oxygens (including phenoxy) is 1. The van der Waals surface area contributed by atoms with E-state index >= 15 is 0 Å². The maximum atomic E-state index is 13.5. The van der Waals surface area contributed by atoms with Crippen LogP contribution in [-0.2, 0) is 19.1 Å². The predicted octanol–water partition coefficient (Wildman–Crippen LogP) is 2.35. The van der Waals surface area contributed by atoms with Gasteiger partial charge in [-0.05, 0) is 55.4 Å². The quantitative estimate of drug-likeness (QED) is 0.701. The Morgan fingerprint density at radius 2 is 1.97 bits per heavy atom. The molecule has 3 saturated carbocycles. The molecule has 4 aliphatic carbocycles. The van der Waals surface area contributed by atoms with Gasteiger partial charge in [0.2, 0.25) is 0 Å². The average molecular weight is 405 g/mol. The van der Waals surface area contributed by atoms with Gasteiger partial charge in [-0.1, -0.05) is 19.4 Å². The molecular formula is C23H32O6. The number of carbonyl (C=O) groups is 3. The van der Waals surface area contributed by atoms with Crippen molar-refractivity contribution in [3.05, 3.63) is 11.6 Å². The van der Waals surface area contributed by atoms with E-state index in [2.05, 4.69) is 6.92 Å². The minimum Gasteiger partial charge on any atom is -0.463 e. The molecule has 2 N–H and O–H groups in total. The summed E-state index contributed by atoms with van der Waals surface area (Å²) in [5.74, 6) is -0.0612. The van der Waals surface area contributed by atoms with Crippen molar-refractivity contribution < 1.29 is 29.3 Å². The lowest BCUT2D eigenvalue weighted by molar-refractivity contribution is -0.192. The lowest BCUT2D eigenvalue weighted by atomic mass is 9.45. The van der Waals surface area contributed by atoms with Gasteiger partial charge in [-0.25, -0.2) is 0 Å². The Morgan fingerprint density at radius 3 is 2.66 bits per heavy atom. The summed E-state index contributed by atoms with van der Waals surface area (Å²) in [6.07, 6.45) is 4.76. The van der Waals surface area contributed by atoms with Crippen LogP contribution in [0, 0.1) is 28.6 Å². The molecule has 0 heterocycles. The van der Waals surface area contributed by atoms with E-state index in [1.165, 1.54) is 6.92 Å². The SMILES string of the molecule is CC(=O)OCC(O)[C@@]1(O)CC[C@H]2[C@@H]3CCC4=CC(=O)CC[C@]4(C)[C@H]3C(=O)C[C@@]21C. The van der Waals surface area contributed by atoms with Crippen LogP contribution < -0.4 is 0 Å². The summed E-state index contributed by atoms with van der Waals surface area (Å²) < 4.78 is 4.96. The molecule has 0 radical (unpaired) electrons. The Morgan fingerprint density at radius 1 is 1.24 bits per heavy atom. The summed E-state index contributed by atoms with van der Waals surface area (Å²) in [4.78, 5) is 36.6. The van der Waals surface area contributed by atoms with Crippen LogP contribution in [0.5, 0.6) is 0 Å². The van der Waals surface area contributed by atoms with Crippen molar-refractivity contribution in [2.75, 3.05) is 6.61 Å². The first-order chi connectivity index (χ1) is 13.5. The maximum Gasteiger partial charge on any atom is 0.302 e. The smallest absolute Gasteiger partial charge is 0.302 e. The molecule has 0 amide bonds. The monoisotopic (exact) mass is 404 g/mol. The van der Waals surface area contributed by atoms with Gasteiger partial charge in [-0.2, -0.15) is 0 Å². The largest absolute Gasteiger partial charge is 0.463 e. The number of aliphatic hydroxyl groups excluding tert-OH is 1. The van der Waals surface area contributed by atoms with Gasteiger partial charge in [0.25, 0.3) is 0 Å². The standard InChI is InChI=1S/C23H32O6/c1-13(24)29-12-19(27)23(28)9-7-17-16-5-4-14-10-15(25)6-8-21(14,2)20(16)18(26)11-22(17,23)3/h10,16-17,19-20,27-28H,4-9,11-12H2,1-3H3/t16-,17-,19?,20+,21-,22-,23-/m0/s1. The fourth-order valence-corrected chi connectivity index (χ4v) is 7.30. The molecule has 6 nitrogen and oxygen atoms in total. The molecule has 3 fully saturated rings. The van der Waals surface area contributed by atoms with Gasteiger partial charge in [0.15, 0.2) is 5.78 Å². The number of hydrogen-bond acceptors (Lipinski definition) is 6. The van der Waals surface area contributed by atoms with Crippen LogP contribution in [0.15, 0.2) is 11.6 Å². The summed E-state index contributed by atoms with van der Waals surface area (Å²) >= 11 is 0. The first-order valence-electron chi connectivity index (χ1n) is 10.8. The number of Topliss-reactive ketones (excluding diaryl/α,β-unsaturated/α-hetero) is 1. The zero-order valence-corrected chi connectivity index (χ0v) is 17.6. The van der Waals surface area contributed by atoms with Gasteiger partial charge in [0, 0.05) is 31.1 Å². The summed E-state index contributed by atoms with van der Waals surface area (Å²) in [5, 5.41) is 22.2. The highest BCUT2D eigenvalue weighted by molar-refractivity contribution is 5.93. The average Bonchev–Trinajstić information content (AvgIpc) is 2.91. The van der Waals surface area contributed by atoms with Crippen molar-refractivity contribution in [1.82, 2.24) is 0 Å². The van der Waals surface area contributed by atoms with Gasteiger partial charge < -0.3 is 14.9 Å². The molecule has 4 aliphatic rings. The molecule has 0 aromatic heterocycles. The van der Waals surface area contributed by atoms with Crippen LogP contribution in [0.1, 0.15) is 65.7 Å². The van der Waals surface area contributed by atoms with E-state index in [4.69, 9.17) is 4.74 Å². The Kier molecular flexibility index (Phi) is 4.82. The number of fused-ring (bicyclic) bond motifs is 5. The van der Waals surface area contributed by atoms with Crippen LogP contribution in [0.2, 0.25) is 0 Å². The topological polar surface area (TPSA) is 101 Å². The number of carbonyl (C=O) groups excluding carboxylic acids is 3. The molecule has 160 valence electrons. The first-order valence-corrected chi connectivity index (χ1v) is 10.8. The Labute approximate surface area is 171 Å². The molecule has 0 aromatic carbocycles. The number of hydrogen-bond donors (Lipinski definition) is 2. The van der Waals surface area contributed by atoms with Crippen LogP contribution in [0.3, 0.4) is 0 Å². The highest BCUT2D eigenvalue weighted by atomic mass is 16.5. The molecule has 29 heavy (non-hydrogen) atoms. The molecule has 7 atom stereocenters. The Bertz CT molecular complexity index is 786. The van der Waals surface area contributed by atoms with E-state index in [0.29, 0.717) is 19.3 Å². The second-order valence-corrected chi connectivity index (χ2v) is 10.2. The summed E-state index contributed by atoms with van der Waals surface area (Å²) in [6.45, 7) is 5.07. The fraction of sp³-hybridized carbons (Fsp3) is 0.783. The number of ketones is 2. The Balaban J connectivity index is 1.66. The van der Waals surface area contributed by atoms with Gasteiger partial charge in [0.05, 0.1) is 5.60 Å². The molecule has 1 unspecified atom stereocenters. The second-order valence-electron chi connectivity index (χ2n) is 10.2. The second kappa shape index (κ2) is 6.74. The lowest BCUT2D eigenvalue weighted by Gasteiger charge is -2.58. The van der Waals surface area contributed by atoms with E-state index in [0.717, 1.165) is 24.8 Å². The number of aliphatic hydroxyl groups is 2. The number of allylic oxidation sites excluding steroid dienone is 1. The third-order valence-electron chi connectivity index (χ3n) is 8.87. The van der Waals surface area contributed by atoms with E-state index in [1.54, 1.807) is 6.08 Å². The molecule has 0 spiro atoms. The number of esters is 1. The third kappa shape index (κ3) is 2.86. The van der Waals surface area contributed by atoms with E-state index in [1.807, 2.05) is 6.92 Å². The minimum atomic E-state index is -1.45. The van der Waals surface area contributed by atoms with Crippen molar-refractivity contribution >= 4 is 17.5 Å². The normalized spacial score (nSPS) is 45.0. The number of rotatable bonds is 3. The fourth-order valence-electron chi connectivity index (χ4n) is 7.30. The molecule has 4 rings (SSSR count). The third-order valence-corrected chi connectivity index (χ3v) is 8.87. The summed E-state index contributed by atoms with van der Waals surface area (Å²) in [7, 11) is 0. The minimum absolute atomic E-state index is 0.123. The van der Waals surface area contributed by atoms with E-state index in [-0.39, 0.29) is 47.8 Å². The zero-order chi connectivity index (χ0) is 21.2. The van der Waals surface area contributed by atoms with Gasteiger partial charge >= 0.3 is 5.97 Å². The van der Waals surface area contributed by atoms with Crippen molar-refractivity contribution in [2.24, 2.45) is 28.6 Å². The highest BCUT2D eigenvalue weighted by Crippen LogP contribution is 2.67. The summed E-state index contributed by atoms with van der Waals surface area (Å²) in [6, 6.07) is 0. The van der Waals surface area contributed by atoms with Crippen LogP contribution in [0.25, 0.3) is 0 Å². The summed E-state index contributed by atoms with van der Waals surface area (Å²) in [5.41, 5.74) is -1.35. The molecule has 6 heteroatoms. The van der Waals surface area contributed by atoms with Crippen molar-refractivity contribution in [2.45, 2.75) is 77.4 Å². The molecule has 0 aromatic rings. The molecule has 0 aliphatic heterocycles. The van der Waals surface area contributed by atoms with Crippen LogP contribution in [-0.4, -0.2) is 46.1 Å². The van der Waals surface area contributed by atoms with Crippen LogP contribution in [0.4, 0.5) is 0 Å². The van der Waals surface area contributed by atoms with E-state index in [9.17, 15) is 24.6 Å². The van der Waals surface area contributed by atoms with Crippen molar-refractivity contribution in [3.8, 4) is 0 Å². The van der Waals surface area contributed by atoms with Gasteiger partial charge in [0.1, 0.15) is 18.5 Å². The van der Waals surface area contributed by atoms with Gasteiger partial charge in [-0.3, -0.25) is 14.4 Å². The Hall–Kier alpha value is -1.53. The van der Waals surface area contributed by atoms with Crippen molar-refractivity contribution in [1.29, 1.82) is 0 Å². The van der Waals surface area contributed by atoms with Crippen molar-refractivity contribution in [3.63, 3.8) is 0 Å². The lowest BCUT2D eigenvalue weighted by Crippen LogP contribution is -2.62. The maximum absolute atomic E-state index is 13.5. The first kappa shape index (κ1) is 20.7. The van der Waals surface area contributed by atoms with E-state index < -0.39 is 23.1 Å². The zero-order valence-electron chi connectivity index (χ0n) is 17.6. The molecule has 0 bridgehead atoms. The molecule has 0 saturated heterocycles.